The van der Waals surface area contributed by atoms with E-state index in [1.54, 1.807) is 48.5 Å². The smallest absolute Gasteiger partial charge is 0.269 e. The third-order valence-corrected chi connectivity index (χ3v) is 6.23. The second-order valence-corrected chi connectivity index (χ2v) is 8.66. The van der Waals surface area contributed by atoms with Crippen molar-refractivity contribution in [3.8, 4) is 5.75 Å². The first-order valence-corrected chi connectivity index (χ1v) is 11.2. The maximum Gasteiger partial charge on any atom is 0.269 e. The summed E-state index contributed by atoms with van der Waals surface area (Å²) in [6.45, 7) is 0.201. The van der Waals surface area contributed by atoms with Gasteiger partial charge in [0.2, 0.25) is 0 Å². The molecule has 1 aliphatic rings. The van der Waals surface area contributed by atoms with E-state index >= 15 is 0 Å². The van der Waals surface area contributed by atoms with Crippen LogP contribution in [0.25, 0.3) is 6.08 Å². The maximum atomic E-state index is 12.3. The number of carbonyl (C=O) groups excluding carboxylic acids is 1. The summed E-state index contributed by atoms with van der Waals surface area (Å²) in [6, 6.07) is 18.6. The highest BCUT2D eigenvalue weighted by Crippen LogP contribution is 2.34. The van der Waals surface area contributed by atoms with Gasteiger partial charge >= 0.3 is 0 Å². The van der Waals surface area contributed by atoms with Crippen molar-refractivity contribution < 1.29 is 14.5 Å². The normalized spacial score (nSPS) is 15.6. The number of hydrogen-bond donors (Lipinski definition) is 1. The van der Waals surface area contributed by atoms with Crippen molar-refractivity contribution in [1.29, 1.82) is 0 Å². The summed E-state index contributed by atoms with van der Waals surface area (Å²) < 4.78 is 5.71. The Morgan fingerprint density at radius 2 is 1.85 bits per heavy atom. The molecule has 1 amide bonds. The Bertz CT molecular complexity index is 1290. The fourth-order valence-corrected chi connectivity index (χ4v) is 4.08. The zero-order valence-electron chi connectivity index (χ0n) is 16.8. The summed E-state index contributed by atoms with van der Waals surface area (Å²) in [5, 5.41) is 14.7. The molecule has 0 aliphatic carbocycles. The fourth-order valence-electron chi connectivity index (χ4n) is 2.91. The Balaban J connectivity index is 1.42. The molecule has 33 heavy (non-hydrogen) atoms. The Kier molecular flexibility index (Phi) is 6.98. The lowest BCUT2D eigenvalue weighted by Gasteiger charge is -2.06. The number of amidine groups is 1. The maximum absolute atomic E-state index is 12.3. The van der Waals surface area contributed by atoms with Crippen LogP contribution >= 0.6 is 35.0 Å². The summed E-state index contributed by atoms with van der Waals surface area (Å²) in [7, 11) is 0. The summed E-state index contributed by atoms with van der Waals surface area (Å²) in [5.41, 5.74) is 1.99. The highest BCUT2D eigenvalue weighted by Gasteiger charge is 2.24. The number of carbonyl (C=O) groups is 1. The first-order valence-electron chi connectivity index (χ1n) is 9.59. The molecule has 1 fully saturated rings. The monoisotopic (exact) mass is 499 g/mol. The summed E-state index contributed by atoms with van der Waals surface area (Å²) in [4.78, 5) is 27.6. The topological polar surface area (TPSA) is 93.8 Å². The molecule has 10 heteroatoms. The Hall–Kier alpha value is -3.33. The standard InChI is InChI=1S/C23H15Cl2N3O4S/c24-18-5-2-6-19(21(18)25)26-23-27-22(29)20(33-23)12-14-7-9-17(10-8-14)32-13-15-3-1-4-16(11-15)28(30)31/h1-12H,13H2,(H,26,27,29)/b20-12-. The van der Waals surface area contributed by atoms with Gasteiger partial charge in [-0.3, -0.25) is 14.9 Å². The van der Waals surface area contributed by atoms with Crippen molar-refractivity contribution in [2.45, 2.75) is 6.61 Å². The van der Waals surface area contributed by atoms with E-state index in [9.17, 15) is 14.9 Å². The van der Waals surface area contributed by atoms with Crippen LogP contribution in [0.2, 0.25) is 10.0 Å². The van der Waals surface area contributed by atoms with Crippen LogP contribution in [0.15, 0.2) is 76.6 Å². The Morgan fingerprint density at radius 3 is 2.61 bits per heavy atom. The number of nitro groups is 1. The number of amides is 1. The molecule has 0 aromatic heterocycles. The summed E-state index contributed by atoms with van der Waals surface area (Å²) >= 11 is 13.4. The number of ether oxygens (including phenoxy) is 1. The van der Waals surface area contributed by atoms with Gasteiger partial charge in [0.05, 0.1) is 25.6 Å². The van der Waals surface area contributed by atoms with Gasteiger partial charge in [-0.05, 0) is 53.2 Å². The van der Waals surface area contributed by atoms with Gasteiger partial charge in [-0.2, -0.15) is 0 Å². The third-order valence-electron chi connectivity index (χ3n) is 4.51. The van der Waals surface area contributed by atoms with Crippen LogP contribution in [0, 0.1) is 10.1 Å². The predicted molar refractivity (Wildman–Crippen MR) is 131 cm³/mol. The minimum atomic E-state index is -0.442. The van der Waals surface area contributed by atoms with Gasteiger partial charge in [-0.15, -0.1) is 0 Å². The number of hydrogen-bond acceptors (Lipinski definition) is 6. The molecule has 0 radical (unpaired) electrons. The Morgan fingerprint density at radius 1 is 1.09 bits per heavy atom. The molecule has 0 spiro atoms. The number of nitrogens with one attached hydrogen (secondary N) is 1. The number of benzene rings is 3. The van der Waals surface area contributed by atoms with E-state index < -0.39 is 4.92 Å². The minimum Gasteiger partial charge on any atom is -0.489 e. The molecule has 0 atom stereocenters. The molecule has 1 saturated heterocycles. The number of non-ortho nitro benzene ring substituents is 1. The number of halogens is 2. The van der Waals surface area contributed by atoms with E-state index in [-0.39, 0.29) is 18.2 Å². The number of thioether (sulfide) groups is 1. The van der Waals surface area contributed by atoms with Crippen LogP contribution in [-0.2, 0) is 11.4 Å². The molecule has 0 unspecified atom stereocenters. The first-order chi connectivity index (χ1) is 15.9. The summed E-state index contributed by atoms with van der Waals surface area (Å²) in [5.74, 6) is 0.341. The van der Waals surface area contributed by atoms with Crippen molar-refractivity contribution in [1.82, 2.24) is 5.32 Å². The van der Waals surface area contributed by atoms with Gasteiger partial charge in [0.15, 0.2) is 5.17 Å². The highest BCUT2D eigenvalue weighted by molar-refractivity contribution is 8.18. The largest absolute Gasteiger partial charge is 0.489 e. The van der Waals surface area contributed by atoms with E-state index in [0.717, 1.165) is 5.56 Å². The van der Waals surface area contributed by atoms with Crippen LogP contribution in [0.4, 0.5) is 11.4 Å². The summed E-state index contributed by atoms with van der Waals surface area (Å²) in [6.07, 6.45) is 1.74. The number of rotatable bonds is 6. The zero-order valence-corrected chi connectivity index (χ0v) is 19.2. The molecule has 4 rings (SSSR count). The van der Waals surface area contributed by atoms with Gasteiger partial charge in [-0.1, -0.05) is 53.5 Å². The minimum absolute atomic E-state index is 0.0194. The van der Waals surface area contributed by atoms with Crippen molar-refractivity contribution in [2.75, 3.05) is 0 Å². The second-order valence-electron chi connectivity index (χ2n) is 6.84. The van der Waals surface area contributed by atoms with Crippen molar-refractivity contribution in [3.63, 3.8) is 0 Å². The van der Waals surface area contributed by atoms with Crippen LogP contribution in [0.5, 0.6) is 5.75 Å². The van der Waals surface area contributed by atoms with E-state index in [4.69, 9.17) is 27.9 Å². The van der Waals surface area contributed by atoms with Gasteiger partial charge in [-0.25, -0.2) is 4.99 Å². The fraction of sp³-hybridized carbons (Fsp3) is 0.0435. The first kappa shape index (κ1) is 22.8. The molecule has 1 aliphatic heterocycles. The molecule has 0 bridgehead atoms. The van der Waals surface area contributed by atoms with E-state index in [1.165, 1.54) is 23.9 Å². The molecule has 7 nitrogen and oxygen atoms in total. The molecule has 3 aromatic carbocycles. The molecular weight excluding hydrogens is 485 g/mol. The lowest BCUT2D eigenvalue weighted by Crippen LogP contribution is -2.19. The van der Waals surface area contributed by atoms with E-state index in [1.807, 2.05) is 12.1 Å². The molecular formula is C23H15Cl2N3O4S. The van der Waals surface area contributed by atoms with Crippen molar-refractivity contribution in [2.24, 2.45) is 4.99 Å². The van der Waals surface area contributed by atoms with Crippen molar-refractivity contribution >= 4 is 63.5 Å². The molecule has 1 N–H and O–H groups in total. The average molecular weight is 500 g/mol. The van der Waals surface area contributed by atoms with Crippen molar-refractivity contribution in [3.05, 3.63) is 103 Å². The van der Waals surface area contributed by atoms with Gasteiger partial charge < -0.3 is 10.1 Å². The zero-order chi connectivity index (χ0) is 23.4. The van der Waals surface area contributed by atoms with Crippen LogP contribution in [-0.4, -0.2) is 16.0 Å². The highest BCUT2D eigenvalue weighted by atomic mass is 35.5. The van der Waals surface area contributed by atoms with Crippen LogP contribution < -0.4 is 10.1 Å². The van der Waals surface area contributed by atoms with Crippen LogP contribution in [0.1, 0.15) is 11.1 Å². The SMILES string of the molecule is O=C1NC(=Nc2cccc(Cl)c2Cl)S/C1=C\c1ccc(OCc2cccc([N+](=O)[O-])c2)cc1. The van der Waals surface area contributed by atoms with E-state index in [2.05, 4.69) is 10.3 Å². The van der Waals surface area contributed by atoms with Gasteiger partial charge in [0.25, 0.3) is 11.6 Å². The quantitative estimate of drug-likeness (QED) is 0.241. The lowest BCUT2D eigenvalue weighted by atomic mass is 10.2. The number of aliphatic imine (C=N–C) groups is 1. The predicted octanol–water partition coefficient (Wildman–Crippen LogP) is 6.37. The molecule has 166 valence electrons. The Labute approximate surface area is 203 Å². The third kappa shape index (κ3) is 5.73. The number of nitrogens with zero attached hydrogens (tertiary/aromatic N) is 2. The van der Waals surface area contributed by atoms with E-state index in [0.29, 0.717) is 37.1 Å². The second kappa shape index (κ2) is 10.1. The average Bonchev–Trinajstić information content (AvgIpc) is 3.15. The molecule has 3 aromatic rings. The molecule has 0 saturated carbocycles. The lowest BCUT2D eigenvalue weighted by molar-refractivity contribution is -0.384. The number of nitro benzene ring substituents is 1. The van der Waals surface area contributed by atoms with Crippen LogP contribution in [0.3, 0.4) is 0 Å². The molecule has 1 heterocycles. The van der Waals surface area contributed by atoms with Gasteiger partial charge in [0.1, 0.15) is 12.4 Å². The van der Waals surface area contributed by atoms with Gasteiger partial charge in [0, 0.05) is 12.1 Å².